The van der Waals surface area contributed by atoms with Crippen molar-refractivity contribution in [3.63, 3.8) is 0 Å². The lowest BCUT2D eigenvalue weighted by atomic mass is 10.2. The molecule has 3 aromatic carbocycles. The number of ether oxygens (including phenoxy) is 1. The third-order valence-corrected chi connectivity index (χ3v) is 6.69. The Labute approximate surface area is 190 Å². The first-order valence-electron chi connectivity index (χ1n) is 9.88. The van der Waals surface area contributed by atoms with Crippen molar-refractivity contribution in [1.82, 2.24) is 0 Å². The van der Waals surface area contributed by atoms with Crippen LogP contribution in [0.2, 0.25) is 0 Å². The minimum atomic E-state index is -0.320. The largest absolute Gasteiger partial charge is 0.491 e. The molecule has 4 nitrogen and oxygen atoms in total. The maximum atomic E-state index is 13.4. The van der Waals surface area contributed by atoms with Gasteiger partial charge in [-0.25, -0.2) is 4.90 Å². The maximum Gasteiger partial charge on any atom is 0.273 e. The van der Waals surface area contributed by atoms with E-state index in [4.69, 9.17) is 4.74 Å². The Morgan fingerprint density at radius 3 is 1.71 bits per heavy atom. The first kappa shape index (κ1) is 21.3. The number of hydrogen-bond acceptors (Lipinski definition) is 5. The van der Waals surface area contributed by atoms with Crippen LogP contribution in [0.15, 0.2) is 105 Å². The van der Waals surface area contributed by atoms with Crippen LogP contribution in [0, 0.1) is 0 Å². The summed E-state index contributed by atoms with van der Waals surface area (Å²) < 4.78 is 5.76. The van der Waals surface area contributed by atoms with Crippen molar-refractivity contribution in [2.75, 3.05) is 4.90 Å². The second kappa shape index (κ2) is 9.45. The van der Waals surface area contributed by atoms with Gasteiger partial charge in [0.15, 0.2) is 0 Å². The van der Waals surface area contributed by atoms with Crippen molar-refractivity contribution in [3.05, 3.63) is 94.7 Å². The van der Waals surface area contributed by atoms with Crippen molar-refractivity contribution >= 4 is 41.0 Å². The summed E-state index contributed by atoms with van der Waals surface area (Å²) in [7, 11) is 0. The Kier molecular flexibility index (Phi) is 6.49. The number of nitrogens with zero attached hydrogens (tertiary/aromatic N) is 1. The van der Waals surface area contributed by atoms with Crippen LogP contribution in [0.1, 0.15) is 13.8 Å². The van der Waals surface area contributed by atoms with Gasteiger partial charge in [-0.2, -0.15) is 0 Å². The first-order valence-corrected chi connectivity index (χ1v) is 11.5. The zero-order valence-corrected chi connectivity index (χ0v) is 18.8. The third-order valence-electron chi connectivity index (χ3n) is 4.37. The highest BCUT2D eigenvalue weighted by molar-refractivity contribution is 8.08. The molecule has 0 aliphatic carbocycles. The van der Waals surface area contributed by atoms with Gasteiger partial charge in [-0.05, 0) is 50.2 Å². The molecule has 1 aliphatic heterocycles. The van der Waals surface area contributed by atoms with E-state index in [0.717, 1.165) is 9.79 Å². The highest BCUT2D eigenvalue weighted by Crippen LogP contribution is 2.44. The van der Waals surface area contributed by atoms with E-state index in [1.165, 1.54) is 28.4 Å². The molecule has 0 aromatic heterocycles. The molecule has 0 atom stereocenters. The average molecular weight is 448 g/mol. The SMILES string of the molecule is CC(C)Oc1cccc(N2C(=O)C(Sc3ccccc3)=C(Sc3ccccc3)C2=O)c1. The molecule has 4 rings (SSSR count). The number of benzene rings is 3. The fourth-order valence-corrected chi connectivity index (χ4v) is 5.11. The molecule has 1 aliphatic rings. The van der Waals surface area contributed by atoms with Crippen LogP contribution >= 0.6 is 23.5 Å². The standard InChI is InChI=1S/C25H21NO3S2/c1-17(2)29-19-11-9-10-18(16-19)26-24(27)22(30-20-12-5-3-6-13-20)23(25(26)28)31-21-14-7-4-8-15-21/h3-17H,1-2H3. The predicted octanol–water partition coefficient (Wildman–Crippen LogP) is 6.14. The molecule has 0 saturated heterocycles. The lowest BCUT2D eigenvalue weighted by molar-refractivity contribution is -0.120. The second-order valence-corrected chi connectivity index (χ2v) is 9.27. The Bertz CT molecular complexity index is 1060. The summed E-state index contributed by atoms with van der Waals surface area (Å²) in [4.78, 5) is 30.8. The van der Waals surface area contributed by atoms with Crippen LogP contribution in [0.4, 0.5) is 5.69 Å². The molecule has 0 spiro atoms. The molecule has 0 fully saturated rings. The minimum absolute atomic E-state index is 0.00764. The number of hydrogen-bond donors (Lipinski definition) is 0. The number of rotatable bonds is 7. The number of carbonyl (C=O) groups excluding carboxylic acids is 2. The van der Waals surface area contributed by atoms with E-state index in [0.29, 0.717) is 21.2 Å². The quantitative estimate of drug-likeness (QED) is 0.407. The molecule has 2 amide bonds. The fraction of sp³-hybridized carbons (Fsp3) is 0.120. The number of anilines is 1. The Balaban J connectivity index is 1.71. The summed E-state index contributed by atoms with van der Waals surface area (Å²) in [5, 5.41) is 0. The number of imide groups is 1. The van der Waals surface area contributed by atoms with Gasteiger partial charge in [-0.1, -0.05) is 66.0 Å². The van der Waals surface area contributed by atoms with E-state index < -0.39 is 0 Å². The van der Waals surface area contributed by atoms with Crippen molar-refractivity contribution in [2.45, 2.75) is 29.7 Å². The number of amides is 2. The van der Waals surface area contributed by atoms with E-state index in [1.807, 2.05) is 80.6 Å². The molecule has 0 unspecified atom stereocenters. The van der Waals surface area contributed by atoms with Crippen molar-refractivity contribution in [1.29, 1.82) is 0 Å². The maximum absolute atomic E-state index is 13.4. The molecule has 0 saturated carbocycles. The zero-order chi connectivity index (χ0) is 21.8. The molecular formula is C25H21NO3S2. The third kappa shape index (κ3) is 4.86. The Hall–Kier alpha value is -2.96. The lowest BCUT2D eigenvalue weighted by Crippen LogP contribution is -2.31. The van der Waals surface area contributed by atoms with Gasteiger partial charge < -0.3 is 4.74 Å². The van der Waals surface area contributed by atoms with E-state index >= 15 is 0 Å². The lowest BCUT2D eigenvalue weighted by Gasteiger charge is -2.17. The highest BCUT2D eigenvalue weighted by atomic mass is 32.2. The monoisotopic (exact) mass is 447 g/mol. The molecule has 0 radical (unpaired) electrons. The molecular weight excluding hydrogens is 426 g/mol. The molecule has 0 bridgehead atoms. The van der Waals surface area contributed by atoms with Crippen LogP contribution in [-0.4, -0.2) is 17.9 Å². The Morgan fingerprint density at radius 1 is 0.710 bits per heavy atom. The van der Waals surface area contributed by atoms with Crippen molar-refractivity contribution in [2.24, 2.45) is 0 Å². The van der Waals surface area contributed by atoms with Crippen LogP contribution < -0.4 is 9.64 Å². The van der Waals surface area contributed by atoms with E-state index in [2.05, 4.69) is 0 Å². The Morgan fingerprint density at radius 2 is 1.23 bits per heavy atom. The smallest absolute Gasteiger partial charge is 0.273 e. The van der Waals surface area contributed by atoms with Gasteiger partial charge in [0.1, 0.15) is 5.75 Å². The van der Waals surface area contributed by atoms with Gasteiger partial charge in [0.25, 0.3) is 11.8 Å². The molecule has 0 N–H and O–H groups in total. The van der Waals surface area contributed by atoms with Gasteiger partial charge in [0.05, 0.1) is 21.6 Å². The van der Waals surface area contributed by atoms with Gasteiger partial charge in [-0.3, -0.25) is 9.59 Å². The van der Waals surface area contributed by atoms with Crippen LogP contribution in [0.5, 0.6) is 5.75 Å². The second-order valence-electron chi connectivity index (χ2n) is 7.10. The van der Waals surface area contributed by atoms with Gasteiger partial charge in [0, 0.05) is 15.9 Å². The normalized spacial score (nSPS) is 14.0. The van der Waals surface area contributed by atoms with Gasteiger partial charge in [-0.15, -0.1) is 0 Å². The number of thioether (sulfide) groups is 2. The van der Waals surface area contributed by atoms with Crippen molar-refractivity contribution < 1.29 is 14.3 Å². The predicted molar refractivity (Wildman–Crippen MR) is 126 cm³/mol. The van der Waals surface area contributed by atoms with Crippen LogP contribution in [0.25, 0.3) is 0 Å². The summed E-state index contributed by atoms with van der Waals surface area (Å²) in [5.41, 5.74) is 0.503. The van der Waals surface area contributed by atoms with Crippen molar-refractivity contribution in [3.8, 4) is 5.75 Å². The first-order chi connectivity index (χ1) is 15.0. The molecule has 3 aromatic rings. The summed E-state index contributed by atoms with van der Waals surface area (Å²) >= 11 is 2.64. The molecule has 31 heavy (non-hydrogen) atoms. The van der Waals surface area contributed by atoms with Gasteiger partial charge in [0.2, 0.25) is 0 Å². The number of carbonyl (C=O) groups is 2. The van der Waals surface area contributed by atoms with Crippen LogP contribution in [-0.2, 0) is 9.59 Å². The summed E-state index contributed by atoms with van der Waals surface area (Å²) in [5.74, 6) is -0.0208. The highest BCUT2D eigenvalue weighted by Gasteiger charge is 2.40. The molecule has 156 valence electrons. The van der Waals surface area contributed by atoms with E-state index in [1.54, 1.807) is 18.2 Å². The van der Waals surface area contributed by atoms with E-state index in [-0.39, 0.29) is 17.9 Å². The summed E-state index contributed by atoms with van der Waals surface area (Å²) in [6.45, 7) is 3.87. The molecule has 6 heteroatoms. The minimum Gasteiger partial charge on any atom is -0.491 e. The summed E-state index contributed by atoms with van der Waals surface area (Å²) in [6.07, 6.45) is -0.00764. The molecule has 1 heterocycles. The average Bonchev–Trinajstić information content (AvgIpc) is 2.99. The van der Waals surface area contributed by atoms with E-state index in [9.17, 15) is 9.59 Å². The zero-order valence-electron chi connectivity index (χ0n) is 17.1. The van der Waals surface area contributed by atoms with Gasteiger partial charge >= 0.3 is 0 Å². The summed E-state index contributed by atoms with van der Waals surface area (Å²) in [6, 6.07) is 26.3. The van der Waals surface area contributed by atoms with Crippen LogP contribution in [0.3, 0.4) is 0 Å². The fourth-order valence-electron chi connectivity index (χ4n) is 3.08. The topological polar surface area (TPSA) is 46.6 Å².